The van der Waals surface area contributed by atoms with Gasteiger partial charge in [0.25, 0.3) is 0 Å². The third kappa shape index (κ3) is 3.25. The number of nitrogens with two attached hydrogens (primary N) is 1. The first-order valence-corrected chi connectivity index (χ1v) is 6.37. The molecule has 0 spiro atoms. The molecular weight excluding hydrogens is 271 g/mol. The summed E-state index contributed by atoms with van der Waals surface area (Å²) in [6.45, 7) is 4.00. The van der Waals surface area contributed by atoms with Crippen LogP contribution in [0, 0.1) is 0 Å². The van der Waals surface area contributed by atoms with E-state index in [0.29, 0.717) is 15.7 Å². The Morgan fingerprint density at radius 2 is 1.78 bits per heavy atom. The molecule has 2 aromatic rings. The van der Waals surface area contributed by atoms with Crippen LogP contribution in [0.1, 0.15) is 24.3 Å². The molecule has 1 aromatic heterocycles. The Balaban J connectivity index is 0.000000659. The van der Waals surface area contributed by atoms with Crippen LogP contribution in [0.15, 0.2) is 18.2 Å². The van der Waals surface area contributed by atoms with Crippen LogP contribution in [0.4, 0.5) is 0 Å². The summed E-state index contributed by atoms with van der Waals surface area (Å²) in [6.07, 6.45) is 0.796. The standard InChI is InChI=1S/C10H7Cl2NO.C2H6.CH5N/c1-13-6(5-14)4-7-9(13)3-2-8(11)10(7)12;2*1-2/h2-5H,1H3;1-2H3;2H2,1H3. The second kappa shape index (κ2) is 8.14. The summed E-state index contributed by atoms with van der Waals surface area (Å²) in [5, 5.41) is 1.80. The topological polar surface area (TPSA) is 48.0 Å². The van der Waals surface area contributed by atoms with Crippen LogP contribution in [-0.2, 0) is 7.05 Å². The van der Waals surface area contributed by atoms with Gasteiger partial charge in [-0.25, -0.2) is 0 Å². The molecule has 0 bridgehead atoms. The zero-order chi connectivity index (χ0) is 14.3. The van der Waals surface area contributed by atoms with Crippen LogP contribution in [0.3, 0.4) is 0 Å². The molecule has 2 N–H and O–H groups in total. The number of hydrogen-bond acceptors (Lipinski definition) is 2. The maximum atomic E-state index is 10.7. The van der Waals surface area contributed by atoms with Crippen LogP contribution in [-0.4, -0.2) is 17.9 Å². The first kappa shape index (κ1) is 17.0. The molecule has 0 atom stereocenters. The van der Waals surface area contributed by atoms with Crippen LogP contribution >= 0.6 is 23.2 Å². The van der Waals surface area contributed by atoms with Gasteiger partial charge in [0.2, 0.25) is 0 Å². The number of fused-ring (bicyclic) bond motifs is 1. The smallest absolute Gasteiger partial charge is 0.166 e. The lowest BCUT2D eigenvalue weighted by Crippen LogP contribution is -1.92. The van der Waals surface area contributed by atoms with Gasteiger partial charge in [0.15, 0.2) is 6.29 Å². The number of nitrogens with zero attached hydrogens (tertiary/aromatic N) is 1. The van der Waals surface area contributed by atoms with Crippen molar-refractivity contribution in [1.29, 1.82) is 0 Å². The number of carbonyl (C=O) groups excluding carboxylic acids is 1. The Labute approximate surface area is 117 Å². The Bertz CT molecular complexity index is 521. The first-order valence-electron chi connectivity index (χ1n) is 5.61. The van der Waals surface area contributed by atoms with Gasteiger partial charge in [-0.15, -0.1) is 0 Å². The fourth-order valence-corrected chi connectivity index (χ4v) is 1.86. The molecule has 18 heavy (non-hydrogen) atoms. The van der Waals surface area contributed by atoms with Crippen LogP contribution in [0.2, 0.25) is 10.0 Å². The van der Waals surface area contributed by atoms with Crippen molar-refractivity contribution >= 4 is 40.4 Å². The van der Waals surface area contributed by atoms with E-state index < -0.39 is 0 Å². The Kier molecular flexibility index (Phi) is 7.67. The molecule has 0 unspecified atom stereocenters. The maximum Gasteiger partial charge on any atom is 0.166 e. The number of aromatic nitrogens is 1. The van der Waals surface area contributed by atoms with Crippen molar-refractivity contribution in [2.75, 3.05) is 7.05 Å². The van der Waals surface area contributed by atoms with E-state index in [1.807, 2.05) is 27.0 Å². The van der Waals surface area contributed by atoms with E-state index in [4.69, 9.17) is 23.2 Å². The molecular formula is C13H18Cl2N2O. The van der Waals surface area contributed by atoms with Crippen molar-refractivity contribution in [1.82, 2.24) is 4.57 Å². The molecule has 0 aliphatic heterocycles. The number of aldehydes is 1. The van der Waals surface area contributed by atoms with Crippen molar-refractivity contribution in [3.63, 3.8) is 0 Å². The largest absolute Gasteiger partial charge is 0.341 e. The fourth-order valence-electron chi connectivity index (χ4n) is 1.48. The predicted molar refractivity (Wildman–Crippen MR) is 79.8 cm³/mol. The number of benzene rings is 1. The van der Waals surface area contributed by atoms with Crippen molar-refractivity contribution in [2.24, 2.45) is 12.8 Å². The highest BCUT2D eigenvalue weighted by Crippen LogP contribution is 2.31. The monoisotopic (exact) mass is 288 g/mol. The van der Waals surface area contributed by atoms with Crippen LogP contribution in [0.5, 0.6) is 0 Å². The van der Waals surface area contributed by atoms with E-state index in [9.17, 15) is 4.79 Å². The van der Waals surface area contributed by atoms with Gasteiger partial charge in [0.05, 0.1) is 15.7 Å². The van der Waals surface area contributed by atoms with E-state index in [1.54, 1.807) is 16.7 Å². The molecule has 1 aromatic carbocycles. The SMILES string of the molecule is CC.CN.Cn1c(C=O)cc2c(Cl)c(Cl)ccc21. The highest BCUT2D eigenvalue weighted by atomic mass is 35.5. The summed E-state index contributed by atoms with van der Waals surface area (Å²) >= 11 is 11.9. The third-order valence-electron chi connectivity index (χ3n) is 2.27. The van der Waals surface area contributed by atoms with Gasteiger partial charge in [-0.2, -0.15) is 0 Å². The fraction of sp³-hybridized carbons (Fsp3) is 0.308. The van der Waals surface area contributed by atoms with Gasteiger partial charge in [0.1, 0.15) is 0 Å². The lowest BCUT2D eigenvalue weighted by Gasteiger charge is -1.99. The highest BCUT2D eigenvalue weighted by molar-refractivity contribution is 6.45. The van der Waals surface area contributed by atoms with Crippen LogP contribution < -0.4 is 5.73 Å². The minimum atomic E-state index is 0.493. The minimum absolute atomic E-state index is 0.493. The van der Waals surface area contributed by atoms with Gasteiger partial charge >= 0.3 is 0 Å². The second-order valence-corrected chi connectivity index (χ2v) is 3.83. The summed E-state index contributed by atoms with van der Waals surface area (Å²) < 4.78 is 1.78. The Hall–Kier alpha value is -1.03. The van der Waals surface area contributed by atoms with Crippen molar-refractivity contribution in [3.8, 4) is 0 Å². The molecule has 0 saturated carbocycles. The van der Waals surface area contributed by atoms with E-state index >= 15 is 0 Å². The van der Waals surface area contributed by atoms with E-state index in [1.165, 1.54) is 7.05 Å². The third-order valence-corrected chi connectivity index (χ3v) is 3.09. The molecule has 1 heterocycles. The van der Waals surface area contributed by atoms with Gasteiger partial charge in [0, 0.05) is 18.0 Å². The van der Waals surface area contributed by atoms with Crippen molar-refractivity contribution < 1.29 is 4.79 Å². The number of aryl methyl sites for hydroxylation is 1. The number of halogens is 2. The summed E-state index contributed by atoms with van der Waals surface area (Å²) in [5.74, 6) is 0. The molecule has 0 fully saturated rings. The van der Waals surface area contributed by atoms with Gasteiger partial charge < -0.3 is 10.3 Å². The Morgan fingerprint density at radius 3 is 2.28 bits per heavy atom. The average molecular weight is 289 g/mol. The molecule has 2 rings (SSSR count). The molecule has 0 radical (unpaired) electrons. The van der Waals surface area contributed by atoms with E-state index in [0.717, 1.165) is 17.2 Å². The molecule has 100 valence electrons. The average Bonchev–Trinajstić information content (AvgIpc) is 2.76. The maximum absolute atomic E-state index is 10.7. The minimum Gasteiger partial charge on any atom is -0.341 e. The summed E-state index contributed by atoms with van der Waals surface area (Å²) in [5.41, 5.74) is 5.99. The number of rotatable bonds is 1. The summed E-state index contributed by atoms with van der Waals surface area (Å²) in [6, 6.07) is 5.30. The molecule has 0 aliphatic carbocycles. The van der Waals surface area contributed by atoms with E-state index in [2.05, 4.69) is 5.73 Å². The summed E-state index contributed by atoms with van der Waals surface area (Å²) in [7, 11) is 3.32. The normalized spacial score (nSPS) is 9.06. The van der Waals surface area contributed by atoms with Crippen molar-refractivity contribution in [2.45, 2.75) is 13.8 Å². The molecule has 3 nitrogen and oxygen atoms in total. The first-order chi connectivity index (χ1) is 8.65. The molecule has 0 amide bonds. The van der Waals surface area contributed by atoms with Crippen molar-refractivity contribution in [3.05, 3.63) is 33.9 Å². The molecule has 5 heteroatoms. The highest BCUT2D eigenvalue weighted by Gasteiger charge is 2.09. The zero-order valence-corrected chi connectivity index (χ0v) is 12.5. The van der Waals surface area contributed by atoms with Crippen LogP contribution in [0.25, 0.3) is 10.9 Å². The Morgan fingerprint density at radius 1 is 1.22 bits per heavy atom. The lowest BCUT2D eigenvalue weighted by molar-refractivity contribution is 0.111. The zero-order valence-electron chi connectivity index (χ0n) is 11.0. The lowest BCUT2D eigenvalue weighted by atomic mass is 10.2. The molecule has 0 aliphatic rings. The predicted octanol–water partition coefficient (Wildman–Crippen LogP) is 3.90. The van der Waals surface area contributed by atoms with Gasteiger partial charge in [-0.05, 0) is 25.2 Å². The van der Waals surface area contributed by atoms with Gasteiger partial charge in [-0.1, -0.05) is 37.0 Å². The molecule has 0 saturated heterocycles. The van der Waals surface area contributed by atoms with E-state index in [-0.39, 0.29) is 0 Å². The second-order valence-electron chi connectivity index (χ2n) is 3.04. The number of carbonyl (C=O) groups is 1. The number of hydrogen-bond donors (Lipinski definition) is 1. The van der Waals surface area contributed by atoms with Gasteiger partial charge in [-0.3, -0.25) is 4.79 Å². The summed E-state index contributed by atoms with van der Waals surface area (Å²) in [4.78, 5) is 10.7. The quantitative estimate of drug-likeness (QED) is 0.809.